The highest BCUT2D eigenvalue weighted by atomic mass is 16.6. The van der Waals surface area contributed by atoms with E-state index in [1.165, 1.54) is 12.1 Å². The molecular weight excluding hydrogens is 296 g/mol. The maximum absolute atomic E-state index is 12.6. The van der Waals surface area contributed by atoms with E-state index in [0.29, 0.717) is 19.4 Å². The molecule has 6 heteroatoms. The van der Waals surface area contributed by atoms with Crippen LogP contribution in [0.3, 0.4) is 0 Å². The van der Waals surface area contributed by atoms with Gasteiger partial charge in [0.15, 0.2) is 0 Å². The molecule has 2 fully saturated rings. The Morgan fingerprint density at radius 3 is 2.65 bits per heavy atom. The van der Waals surface area contributed by atoms with Gasteiger partial charge in [0.25, 0.3) is 5.69 Å². The van der Waals surface area contributed by atoms with Gasteiger partial charge >= 0.3 is 0 Å². The fraction of sp³-hybridized carbons (Fsp3) is 0.588. The van der Waals surface area contributed by atoms with Gasteiger partial charge in [0, 0.05) is 24.7 Å². The Labute approximate surface area is 135 Å². The molecule has 3 rings (SSSR count). The molecule has 124 valence electrons. The van der Waals surface area contributed by atoms with Crippen LogP contribution in [0.25, 0.3) is 0 Å². The molecule has 0 unspecified atom stereocenters. The molecule has 0 saturated heterocycles. The molecule has 0 atom stereocenters. The van der Waals surface area contributed by atoms with Crippen molar-refractivity contribution in [3.63, 3.8) is 0 Å². The first-order valence-corrected chi connectivity index (χ1v) is 8.22. The Morgan fingerprint density at radius 2 is 2.04 bits per heavy atom. The lowest BCUT2D eigenvalue weighted by molar-refractivity contribution is -0.384. The zero-order valence-corrected chi connectivity index (χ0v) is 13.1. The van der Waals surface area contributed by atoms with Gasteiger partial charge in [-0.15, -0.1) is 0 Å². The maximum Gasteiger partial charge on any atom is 0.269 e. The van der Waals surface area contributed by atoms with Crippen molar-refractivity contribution in [2.45, 2.75) is 63.1 Å². The van der Waals surface area contributed by atoms with E-state index in [-0.39, 0.29) is 24.1 Å². The summed E-state index contributed by atoms with van der Waals surface area (Å²) in [4.78, 5) is 24.9. The summed E-state index contributed by atoms with van der Waals surface area (Å²) >= 11 is 0. The molecule has 0 radical (unpaired) electrons. The van der Waals surface area contributed by atoms with E-state index >= 15 is 0 Å². The van der Waals surface area contributed by atoms with Crippen molar-refractivity contribution < 1.29 is 14.8 Å². The molecule has 0 bridgehead atoms. The van der Waals surface area contributed by atoms with Crippen molar-refractivity contribution in [2.75, 3.05) is 0 Å². The zero-order chi connectivity index (χ0) is 16.4. The number of amides is 1. The molecule has 1 N–H and O–H groups in total. The highest BCUT2D eigenvalue weighted by molar-refractivity contribution is 5.78. The molecule has 2 aliphatic rings. The number of benzene rings is 1. The van der Waals surface area contributed by atoms with Crippen LogP contribution in [0.4, 0.5) is 5.69 Å². The summed E-state index contributed by atoms with van der Waals surface area (Å²) in [6.07, 6.45) is 5.43. The third kappa shape index (κ3) is 3.88. The number of carbonyl (C=O) groups excluding carboxylic acids is 1. The van der Waals surface area contributed by atoms with Crippen LogP contribution in [-0.2, 0) is 11.3 Å². The van der Waals surface area contributed by atoms with E-state index in [1.807, 2.05) is 0 Å². The van der Waals surface area contributed by atoms with E-state index in [9.17, 15) is 20.0 Å². The van der Waals surface area contributed by atoms with Gasteiger partial charge in [-0.2, -0.15) is 0 Å². The Balaban J connectivity index is 1.70. The van der Waals surface area contributed by atoms with Crippen LogP contribution in [0.2, 0.25) is 0 Å². The zero-order valence-electron chi connectivity index (χ0n) is 13.1. The number of aliphatic hydroxyl groups is 1. The van der Waals surface area contributed by atoms with Gasteiger partial charge in [0.1, 0.15) is 0 Å². The molecular formula is C17H22N2O4. The number of nitrogens with zero attached hydrogens (tertiary/aromatic N) is 2. The Bertz CT molecular complexity index is 606. The first-order chi connectivity index (χ1) is 11.0. The second kappa shape index (κ2) is 6.28. The SMILES string of the molecule is O=C(CC1(O)CCCC1)N(Cc1cccc([N+](=O)[O-])c1)C1CC1. The monoisotopic (exact) mass is 318 g/mol. The van der Waals surface area contributed by atoms with Crippen LogP contribution >= 0.6 is 0 Å². The highest BCUT2D eigenvalue weighted by Gasteiger charge is 2.39. The van der Waals surface area contributed by atoms with Crippen LogP contribution in [0, 0.1) is 10.1 Å². The Kier molecular flexibility index (Phi) is 4.35. The largest absolute Gasteiger partial charge is 0.389 e. The van der Waals surface area contributed by atoms with Gasteiger partial charge < -0.3 is 10.0 Å². The standard InChI is InChI=1S/C17H22N2O4/c20-16(11-17(21)8-1-2-9-17)18(14-6-7-14)12-13-4-3-5-15(10-13)19(22)23/h3-5,10,14,21H,1-2,6-9,11-12H2. The van der Waals surface area contributed by atoms with Crippen LogP contribution < -0.4 is 0 Å². The second-order valence-corrected chi connectivity index (χ2v) is 6.79. The first kappa shape index (κ1) is 15.9. The van der Waals surface area contributed by atoms with Gasteiger partial charge in [-0.05, 0) is 31.2 Å². The molecule has 1 aromatic carbocycles. The summed E-state index contributed by atoms with van der Waals surface area (Å²) in [6.45, 7) is 0.376. The van der Waals surface area contributed by atoms with E-state index in [2.05, 4.69) is 0 Å². The number of hydrogen-bond donors (Lipinski definition) is 1. The summed E-state index contributed by atoms with van der Waals surface area (Å²) in [7, 11) is 0. The van der Waals surface area contributed by atoms with Crippen molar-refractivity contribution in [3.05, 3.63) is 39.9 Å². The Hall–Kier alpha value is -1.95. The average Bonchev–Trinajstić information content (AvgIpc) is 3.27. The molecule has 0 spiro atoms. The van der Waals surface area contributed by atoms with Crippen LogP contribution in [-0.4, -0.2) is 32.5 Å². The summed E-state index contributed by atoms with van der Waals surface area (Å²) in [6, 6.07) is 6.64. The number of nitro groups is 1. The summed E-state index contributed by atoms with van der Waals surface area (Å²) in [5, 5.41) is 21.3. The van der Waals surface area contributed by atoms with E-state index in [4.69, 9.17) is 0 Å². The van der Waals surface area contributed by atoms with Gasteiger partial charge in [0.05, 0.1) is 16.9 Å². The van der Waals surface area contributed by atoms with Gasteiger partial charge in [0.2, 0.25) is 5.91 Å². The lowest BCUT2D eigenvalue weighted by atomic mass is 9.97. The van der Waals surface area contributed by atoms with Crippen molar-refractivity contribution >= 4 is 11.6 Å². The van der Waals surface area contributed by atoms with Crippen LogP contribution in [0.1, 0.15) is 50.5 Å². The fourth-order valence-electron chi connectivity index (χ4n) is 3.37. The molecule has 0 aliphatic heterocycles. The van der Waals surface area contributed by atoms with Crippen molar-refractivity contribution in [1.82, 2.24) is 4.90 Å². The molecule has 1 amide bonds. The van der Waals surface area contributed by atoms with E-state index < -0.39 is 10.5 Å². The smallest absolute Gasteiger partial charge is 0.269 e. The minimum absolute atomic E-state index is 0.0385. The van der Waals surface area contributed by atoms with Crippen LogP contribution in [0.15, 0.2) is 24.3 Å². The minimum atomic E-state index is -0.854. The maximum atomic E-state index is 12.6. The van der Waals surface area contributed by atoms with Crippen molar-refractivity contribution in [1.29, 1.82) is 0 Å². The molecule has 23 heavy (non-hydrogen) atoms. The molecule has 1 aromatic rings. The molecule has 6 nitrogen and oxygen atoms in total. The Morgan fingerprint density at radius 1 is 1.35 bits per heavy atom. The van der Waals surface area contributed by atoms with Crippen molar-refractivity contribution in [2.24, 2.45) is 0 Å². The number of nitro benzene ring substituents is 1. The number of hydrogen-bond acceptors (Lipinski definition) is 4. The summed E-state index contributed by atoms with van der Waals surface area (Å²) in [5.74, 6) is -0.0385. The normalized spacial score (nSPS) is 19.5. The number of rotatable bonds is 6. The molecule has 2 aliphatic carbocycles. The fourth-order valence-corrected chi connectivity index (χ4v) is 3.37. The van der Waals surface area contributed by atoms with Gasteiger partial charge in [-0.1, -0.05) is 25.0 Å². The quantitative estimate of drug-likeness (QED) is 0.645. The summed E-state index contributed by atoms with van der Waals surface area (Å²) in [5.41, 5.74) is -0.0506. The summed E-state index contributed by atoms with van der Waals surface area (Å²) < 4.78 is 0. The van der Waals surface area contributed by atoms with Gasteiger partial charge in [-0.25, -0.2) is 0 Å². The predicted octanol–water partition coefficient (Wildman–Crippen LogP) is 2.78. The number of non-ortho nitro benzene ring substituents is 1. The molecule has 0 heterocycles. The van der Waals surface area contributed by atoms with E-state index in [0.717, 1.165) is 31.2 Å². The van der Waals surface area contributed by atoms with Crippen LogP contribution in [0.5, 0.6) is 0 Å². The lowest BCUT2D eigenvalue weighted by Gasteiger charge is -2.28. The lowest BCUT2D eigenvalue weighted by Crippen LogP contribution is -2.38. The number of carbonyl (C=O) groups is 1. The molecule has 2 saturated carbocycles. The first-order valence-electron chi connectivity index (χ1n) is 8.22. The minimum Gasteiger partial charge on any atom is -0.389 e. The predicted molar refractivity (Wildman–Crippen MR) is 84.7 cm³/mol. The third-order valence-electron chi connectivity index (χ3n) is 4.80. The topological polar surface area (TPSA) is 83.7 Å². The van der Waals surface area contributed by atoms with Crippen molar-refractivity contribution in [3.8, 4) is 0 Å². The highest BCUT2D eigenvalue weighted by Crippen LogP contribution is 2.35. The average molecular weight is 318 g/mol. The second-order valence-electron chi connectivity index (χ2n) is 6.79. The molecule has 0 aromatic heterocycles. The van der Waals surface area contributed by atoms with E-state index in [1.54, 1.807) is 17.0 Å². The van der Waals surface area contributed by atoms with Gasteiger partial charge in [-0.3, -0.25) is 14.9 Å². The third-order valence-corrected chi connectivity index (χ3v) is 4.80.